The summed E-state index contributed by atoms with van der Waals surface area (Å²) in [6.45, 7) is 2.13. The molecule has 0 spiro atoms. The van der Waals surface area contributed by atoms with E-state index in [0.717, 1.165) is 9.75 Å². The molecule has 2 rings (SSSR count). The summed E-state index contributed by atoms with van der Waals surface area (Å²) in [5, 5.41) is 12.1. The molecule has 1 heterocycles. The van der Waals surface area contributed by atoms with E-state index >= 15 is 0 Å². The molecule has 1 N–H and O–H groups in total. The highest BCUT2D eigenvalue weighted by Crippen LogP contribution is 2.29. The first-order chi connectivity index (χ1) is 8.24. The van der Waals surface area contributed by atoms with Gasteiger partial charge in [0, 0.05) is 10.9 Å². The average molecular weight is 242 g/mol. The average Bonchev–Trinajstić information content (AvgIpc) is 2.86. The molecule has 0 amide bonds. The van der Waals surface area contributed by atoms with E-state index in [9.17, 15) is 0 Å². The Kier molecular flexibility index (Phi) is 3.58. The third-order valence-electron chi connectivity index (χ3n) is 2.82. The zero-order valence-corrected chi connectivity index (χ0v) is 10.7. The lowest BCUT2D eigenvalue weighted by atomic mass is 10.0. The van der Waals surface area contributed by atoms with Gasteiger partial charge in [-0.15, -0.1) is 11.3 Å². The van der Waals surface area contributed by atoms with Gasteiger partial charge in [-0.1, -0.05) is 18.2 Å². The van der Waals surface area contributed by atoms with Crippen molar-refractivity contribution in [3.63, 3.8) is 0 Å². The van der Waals surface area contributed by atoms with E-state index in [-0.39, 0.29) is 0 Å². The van der Waals surface area contributed by atoms with Crippen LogP contribution >= 0.6 is 11.3 Å². The number of nitrogens with zero attached hydrogens (tertiary/aromatic N) is 1. The Hall–Kier alpha value is -1.63. The Morgan fingerprint density at radius 3 is 2.76 bits per heavy atom. The fraction of sp³-hybridized carbons (Fsp3) is 0.214. The van der Waals surface area contributed by atoms with Crippen LogP contribution in [0.4, 0.5) is 0 Å². The standard InChI is InChI=1S/C14H14N2S/c1-10(16-2)11-4-3-5-12(8-11)14-7-6-13(9-15)17-14/h3-8,10,16H,1-2H3. The summed E-state index contributed by atoms with van der Waals surface area (Å²) in [5.41, 5.74) is 2.44. The van der Waals surface area contributed by atoms with Crippen LogP contribution in [-0.2, 0) is 0 Å². The van der Waals surface area contributed by atoms with Crippen LogP contribution in [0.5, 0.6) is 0 Å². The topological polar surface area (TPSA) is 35.8 Å². The van der Waals surface area contributed by atoms with Crippen molar-refractivity contribution in [2.45, 2.75) is 13.0 Å². The van der Waals surface area contributed by atoms with Crippen molar-refractivity contribution in [1.82, 2.24) is 5.32 Å². The van der Waals surface area contributed by atoms with Crippen LogP contribution in [0.1, 0.15) is 23.4 Å². The maximum Gasteiger partial charge on any atom is 0.110 e. The minimum atomic E-state index is 0.338. The molecule has 0 radical (unpaired) electrons. The van der Waals surface area contributed by atoms with Crippen molar-refractivity contribution in [3.8, 4) is 16.5 Å². The molecule has 17 heavy (non-hydrogen) atoms. The van der Waals surface area contributed by atoms with Gasteiger partial charge in [-0.3, -0.25) is 0 Å². The van der Waals surface area contributed by atoms with Crippen LogP contribution in [0, 0.1) is 11.3 Å². The molecule has 1 atom stereocenters. The predicted octanol–water partition coefficient (Wildman–Crippen LogP) is 3.57. The fourth-order valence-electron chi connectivity index (χ4n) is 1.68. The monoisotopic (exact) mass is 242 g/mol. The second-order valence-corrected chi connectivity index (χ2v) is 5.00. The first-order valence-electron chi connectivity index (χ1n) is 5.52. The van der Waals surface area contributed by atoms with Crippen LogP contribution in [-0.4, -0.2) is 7.05 Å². The number of hydrogen-bond donors (Lipinski definition) is 1. The van der Waals surface area contributed by atoms with E-state index in [0.29, 0.717) is 6.04 Å². The van der Waals surface area contributed by atoms with E-state index in [4.69, 9.17) is 5.26 Å². The van der Waals surface area contributed by atoms with E-state index < -0.39 is 0 Å². The van der Waals surface area contributed by atoms with Gasteiger partial charge in [-0.2, -0.15) is 5.26 Å². The zero-order chi connectivity index (χ0) is 12.3. The Morgan fingerprint density at radius 2 is 2.12 bits per heavy atom. The van der Waals surface area contributed by atoms with E-state index in [2.05, 4.69) is 42.6 Å². The molecule has 0 saturated carbocycles. The number of hydrogen-bond acceptors (Lipinski definition) is 3. The molecular formula is C14H14N2S. The van der Waals surface area contributed by atoms with Crippen LogP contribution in [0.25, 0.3) is 10.4 Å². The molecule has 2 nitrogen and oxygen atoms in total. The second-order valence-electron chi connectivity index (χ2n) is 3.91. The van der Waals surface area contributed by atoms with E-state index in [1.54, 1.807) is 0 Å². The van der Waals surface area contributed by atoms with Crippen molar-refractivity contribution in [3.05, 3.63) is 46.8 Å². The molecule has 0 bridgehead atoms. The minimum Gasteiger partial charge on any atom is -0.313 e. The van der Waals surface area contributed by atoms with Crippen LogP contribution in [0.2, 0.25) is 0 Å². The molecule has 2 aromatic rings. The maximum atomic E-state index is 8.83. The van der Waals surface area contributed by atoms with Gasteiger partial charge in [0.2, 0.25) is 0 Å². The van der Waals surface area contributed by atoms with E-state index in [1.807, 2.05) is 19.2 Å². The number of nitrogens with one attached hydrogen (secondary N) is 1. The Balaban J connectivity index is 2.36. The van der Waals surface area contributed by atoms with Gasteiger partial charge in [-0.25, -0.2) is 0 Å². The normalized spacial score (nSPS) is 12.1. The molecule has 86 valence electrons. The quantitative estimate of drug-likeness (QED) is 0.893. The Morgan fingerprint density at radius 1 is 1.29 bits per heavy atom. The predicted molar refractivity (Wildman–Crippen MR) is 71.9 cm³/mol. The lowest BCUT2D eigenvalue weighted by molar-refractivity contribution is 0.652. The number of nitriles is 1. The van der Waals surface area contributed by atoms with Gasteiger partial charge < -0.3 is 5.32 Å². The van der Waals surface area contributed by atoms with Crippen molar-refractivity contribution >= 4 is 11.3 Å². The molecule has 0 saturated heterocycles. The third kappa shape index (κ3) is 2.55. The summed E-state index contributed by atoms with van der Waals surface area (Å²) in [6, 6.07) is 14.8. The van der Waals surface area contributed by atoms with Gasteiger partial charge in [0.05, 0.1) is 0 Å². The lowest BCUT2D eigenvalue weighted by Gasteiger charge is -2.11. The van der Waals surface area contributed by atoms with Crippen LogP contribution in [0.3, 0.4) is 0 Å². The summed E-state index contributed by atoms with van der Waals surface area (Å²) in [7, 11) is 1.95. The van der Waals surface area contributed by atoms with Crippen molar-refractivity contribution < 1.29 is 0 Å². The fourth-order valence-corrected chi connectivity index (χ4v) is 2.48. The van der Waals surface area contributed by atoms with E-state index in [1.165, 1.54) is 22.5 Å². The highest BCUT2D eigenvalue weighted by molar-refractivity contribution is 7.16. The molecular weight excluding hydrogens is 228 g/mol. The third-order valence-corrected chi connectivity index (χ3v) is 3.86. The molecule has 0 aliphatic carbocycles. The maximum absolute atomic E-state index is 8.83. The van der Waals surface area contributed by atoms with Gasteiger partial charge in [0.15, 0.2) is 0 Å². The molecule has 3 heteroatoms. The highest BCUT2D eigenvalue weighted by Gasteiger charge is 2.06. The molecule has 1 aromatic heterocycles. The smallest absolute Gasteiger partial charge is 0.110 e. The van der Waals surface area contributed by atoms with Crippen LogP contribution < -0.4 is 5.32 Å². The summed E-state index contributed by atoms with van der Waals surface area (Å²) < 4.78 is 0. The Labute approximate surface area is 106 Å². The minimum absolute atomic E-state index is 0.338. The number of thiophene rings is 1. The van der Waals surface area contributed by atoms with Crippen LogP contribution in [0.15, 0.2) is 36.4 Å². The summed E-state index contributed by atoms with van der Waals surface area (Å²) in [6.07, 6.45) is 0. The summed E-state index contributed by atoms with van der Waals surface area (Å²) in [5.74, 6) is 0. The zero-order valence-electron chi connectivity index (χ0n) is 9.90. The number of benzene rings is 1. The van der Waals surface area contributed by atoms with Gasteiger partial charge >= 0.3 is 0 Å². The second kappa shape index (κ2) is 5.13. The number of rotatable bonds is 3. The first kappa shape index (κ1) is 11.8. The molecule has 0 fully saturated rings. The largest absolute Gasteiger partial charge is 0.313 e. The van der Waals surface area contributed by atoms with Gasteiger partial charge in [0.25, 0.3) is 0 Å². The molecule has 1 aromatic carbocycles. The highest BCUT2D eigenvalue weighted by atomic mass is 32.1. The summed E-state index contributed by atoms with van der Waals surface area (Å²) >= 11 is 1.53. The van der Waals surface area contributed by atoms with Gasteiger partial charge in [-0.05, 0) is 43.3 Å². The Bertz CT molecular complexity index is 551. The van der Waals surface area contributed by atoms with Crippen molar-refractivity contribution in [2.24, 2.45) is 0 Å². The lowest BCUT2D eigenvalue weighted by Crippen LogP contribution is -2.11. The summed E-state index contributed by atoms with van der Waals surface area (Å²) in [4.78, 5) is 1.90. The first-order valence-corrected chi connectivity index (χ1v) is 6.34. The van der Waals surface area contributed by atoms with Crippen molar-refractivity contribution in [2.75, 3.05) is 7.05 Å². The SMILES string of the molecule is CNC(C)c1cccc(-c2ccc(C#N)s2)c1. The molecule has 1 unspecified atom stereocenters. The van der Waals surface area contributed by atoms with Gasteiger partial charge in [0.1, 0.15) is 10.9 Å². The van der Waals surface area contributed by atoms with Crippen molar-refractivity contribution in [1.29, 1.82) is 5.26 Å². The molecule has 0 aliphatic rings. The molecule has 0 aliphatic heterocycles.